The minimum absolute atomic E-state index is 0.00667. The van der Waals surface area contributed by atoms with Crippen molar-refractivity contribution in [1.29, 1.82) is 0 Å². The Morgan fingerprint density at radius 1 is 1.38 bits per heavy atom. The highest BCUT2D eigenvalue weighted by atomic mass is 35.5. The van der Waals surface area contributed by atoms with E-state index in [2.05, 4.69) is 20.0 Å². The van der Waals surface area contributed by atoms with Gasteiger partial charge in [0.1, 0.15) is 10.7 Å². The van der Waals surface area contributed by atoms with Gasteiger partial charge in [-0.15, -0.1) is 11.3 Å². The lowest BCUT2D eigenvalue weighted by Gasteiger charge is -2.07. The molecule has 9 heteroatoms. The maximum absolute atomic E-state index is 12.3. The summed E-state index contributed by atoms with van der Waals surface area (Å²) in [5.41, 5.74) is 0.847. The maximum Gasteiger partial charge on any atom is 0.265 e. The van der Waals surface area contributed by atoms with Gasteiger partial charge in [0.2, 0.25) is 0 Å². The molecule has 0 aliphatic heterocycles. The first-order valence-corrected chi connectivity index (χ1v) is 8.89. The average Bonchev–Trinajstić information content (AvgIpc) is 2.86. The molecule has 0 radical (unpaired) electrons. The fourth-order valence-electron chi connectivity index (χ4n) is 1.52. The van der Waals surface area contributed by atoms with Crippen molar-refractivity contribution in [2.24, 2.45) is 0 Å². The van der Waals surface area contributed by atoms with Crippen molar-refractivity contribution in [3.05, 3.63) is 28.4 Å². The van der Waals surface area contributed by atoms with Gasteiger partial charge in [-0.25, -0.2) is 18.4 Å². The fraction of sp³-hybridized carbons (Fsp3) is 0.333. The maximum atomic E-state index is 12.3. The molecular weight excluding hydrogens is 332 g/mol. The minimum Gasteiger partial charge on any atom is -0.372 e. The van der Waals surface area contributed by atoms with E-state index in [1.54, 1.807) is 7.05 Å². The van der Waals surface area contributed by atoms with Crippen LogP contribution in [0.3, 0.4) is 0 Å². The van der Waals surface area contributed by atoms with Crippen LogP contribution in [0.5, 0.6) is 0 Å². The van der Waals surface area contributed by atoms with Crippen molar-refractivity contribution in [1.82, 2.24) is 9.97 Å². The van der Waals surface area contributed by atoms with E-state index < -0.39 is 10.0 Å². The van der Waals surface area contributed by atoms with E-state index in [0.29, 0.717) is 10.9 Å². The molecule has 2 aromatic rings. The highest BCUT2D eigenvalue weighted by Gasteiger charge is 2.18. The molecule has 6 nitrogen and oxygen atoms in total. The van der Waals surface area contributed by atoms with Crippen molar-refractivity contribution >= 4 is 43.9 Å². The summed E-state index contributed by atoms with van der Waals surface area (Å²) < 4.78 is 27.0. The first kappa shape index (κ1) is 16.0. The number of anilines is 2. The highest BCUT2D eigenvalue weighted by molar-refractivity contribution is 7.93. The molecule has 0 amide bonds. The van der Waals surface area contributed by atoms with Crippen LogP contribution >= 0.6 is 22.9 Å². The van der Waals surface area contributed by atoms with Crippen LogP contribution in [0.25, 0.3) is 0 Å². The molecule has 2 rings (SSSR count). The molecule has 0 atom stereocenters. The number of halogens is 1. The van der Waals surface area contributed by atoms with Crippen LogP contribution in [-0.4, -0.2) is 25.4 Å². The van der Waals surface area contributed by atoms with Gasteiger partial charge in [0.15, 0.2) is 5.13 Å². The lowest BCUT2D eigenvalue weighted by Crippen LogP contribution is -2.13. The molecule has 0 aliphatic rings. The molecule has 0 saturated heterocycles. The van der Waals surface area contributed by atoms with E-state index in [1.807, 2.05) is 19.2 Å². The van der Waals surface area contributed by atoms with Crippen LogP contribution in [0.2, 0.25) is 5.02 Å². The molecule has 2 heterocycles. The molecular formula is C12H15ClN4O2S2. The largest absolute Gasteiger partial charge is 0.372 e. The first-order chi connectivity index (χ1) is 9.83. The van der Waals surface area contributed by atoms with E-state index in [4.69, 9.17) is 11.6 Å². The van der Waals surface area contributed by atoms with Crippen LogP contribution in [0, 0.1) is 0 Å². The number of sulfonamides is 1. The third-order valence-electron chi connectivity index (χ3n) is 2.70. The van der Waals surface area contributed by atoms with Crippen molar-refractivity contribution in [3.8, 4) is 0 Å². The van der Waals surface area contributed by atoms with E-state index in [0.717, 1.165) is 5.69 Å². The molecule has 2 N–H and O–H groups in total. The van der Waals surface area contributed by atoms with Crippen molar-refractivity contribution in [2.75, 3.05) is 17.1 Å². The number of aromatic nitrogens is 2. The van der Waals surface area contributed by atoms with E-state index in [9.17, 15) is 8.42 Å². The van der Waals surface area contributed by atoms with Gasteiger partial charge < -0.3 is 5.32 Å². The molecule has 0 spiro atoms. The van der Waals surface area contributed by atoms with Crippen LogP contribution in [0.1, 0.15) is 25.5 Å². The molecule has 0 saturated carbocycles. The minimum atomic E-state index is -3.75. The molecule has 21 heavy (non-hydrogen) atoms. The predicted octanol–water partition coefficient (Wildman–Crippen LogP) is 3.16. The summed E-state index contributed by atoms with van der Waals surface area (Å²) in [5, 5.41) is 5.17. The zero-order valence-corrected chi connectivity index (χ0v) is 14.1. The van der Waals surface area contributed by atoms with Crippen molar-refractivity contribution < 1.29 is 8.42 Å². The van der Waals surface area contributed by atoms with E-state index >= 15 is 0 Å². The summed E-state index contributed by atoms with van der Waals surface area (Å²) in [6.07, 6.45) is 1.25. The molecule has 2 aromatic heterocycles. The molecule has 0 unspecified atom stereocenters. The highest BCUT2D eigenvalue weighted by Crippen LogP contribution is 2.26. The van der Waals surface area contributed by atoms with E-state index in [1.165, 1.54) is 23.6 Å². The molecule has 0 bridgehead atoms. The number of hydrogen-bond donors (Lipinski definition) is 2. The second-order valence-electron chi connectivity index (χ2n) is 4.59. The Bertz CT molecular complexity index is 743. The Morgan fingerprint density at radius 2 is 2.10 bits per heavy atom. The monoisotopic (exact) mass is 346 g/mol. The summed E-state index contributed by atoms with van der Waals surface area (Å²) in [5.74, 6) is 0.664. The van der Waals surface area contributed by atoms with Gasteiger partial charge in [0.05, 0.1) is 10.7 Å². The summed E-state index contributed by atoms with van der Waals surface area (Å²) in [6, 6.07) is 1.35. The fourth-order valence-corrected chi connectivity index (χ4v) is 3.94. The summed E-state index contributed by atoms with van der Waals surface area (Å²) in [6.45, 7) is 3.99. The van der Waals surface area contributed by atoms with Gasteiger partial charge >= 0.3 is 0 Å². The SMILES string of the molecule is CNc1ncc(S(=O)(=O)Nc2nc(C(C)C)cs2)cc1Cl. The number of thiazole rings is 1. The van der Waals surface area contributed by atoms with Crippen molar-refractivity contribution in [3.63, 3.8) is 0 Å². The summed E-state index contributed by atoms with van der Waals surface area (Å²) in [4.78, 5) is 8.19. The van der Waals surface area contributed by atoms with Crippen LogP contribution < -0.4 is 10.0 Å². The Morgan fingerprint density at radius 3 is 2.62 bits per heavy atom. The number of pyridine rings is 1. The van der Waals surface area contributed by atoms with Crippen LogP contribution in [0.15, 0.2) is 22.5 Å². The Hall–Kier alpha value is -1.38. The lowest BCUT2D eigenvalue weighted by atomic mass is 10.2. The predicted molar refractivity (Wildman–Crippen MR) is 85.8 cm³/mol. The Balaban J connectivity index is 2.27. The molecule has 0 fully saturated rings. The van der Waals surface area contributed by atoms with Crippen LogP contribution in [0.4, 0.5) is 10.9 Å². The number of hydrogen-bond acceptors (Lipinski definition) is 6. The molecule has 0 aromatic carbocycles. The zero-order chi connectivity index (χ0) is 15.6. The second-order valence-corrected chi connectivity index (χ2v) is 7.54. The Labute approximate surface area is 132 Å². The van der Waals surface area contributed by atoms with Crippen LogP contribution in [-0.2, 0) is 10.0 Å². The Kier molecular flexibility index (Phi) is 4.70. The van der Waals surface area contributed by atoms with E-state index in [-0.39, 0.29) is 15.8 Å². The van der Waals surface area contributed by atoms with Gasteiger partial charge in [-0.1, -0.05) is 25.4 Å². The average molecular weight is 347 g/mol. The first-order valence-electron chi connectivity index (χ1n) is 6.15. The normalized spacial score (nSPS) is 11.7. The topological polar surface area (TPSA) is 84.0 Å². The number of rotatable bonds is 5. The smallest absolute Gasteiger partial charge is 0.265 e. The third kappa shape index (κ3) is 3.63. The zero-order valence-electron chi connectivity index (χ0n) is 11.7. The van der Waals surface area contributed by atoms with Gasteiger partial charge in [0.25, 0.3) is 10.0 Å². The van der Waals surface area contributed by atoms with Gasteiger partial charge in [-0.05, 0) is 12.0 Å². The number of nitrogens with one attached hydrogen (secondary N) is 2. The molecule has 0 aliphatic carbocycles. The standard InChI is InChI=1S/C12H15ClN4O2S2/c1-7(2)10-6-20-12(16-10)17-21(18,19)8-4-9(13)11(14-3)15-5-8/h4-7H,1-3H3,(H,14,15)(H,16,17). The van der Waals surface area contributed by atoms with Crippen molar-refractivity contribution in [2.45, 2.75) is 24.7 Å². The third-order valence-corrected chi connectivity index (χ3v) is 5.20. The second kappa shape index (κ2) is 6.17. The quantitative estimate of drug-likeness (QED) is 0.868. The summed E-state index contributed by atoms with van der Waals surface area (Å²) >= 11 is 7.20. The van der Waals surface area contributed by atoms with Gasteiger partial charge in [-0.3, -0.25) is 4.72 Å². The lowest BCUT2D eigenvalue weighted by molar-refractivity contribution is 0.601. The summed E-state index contributed by atoms with van der Waals surface area (Å²) in [7, 11) is -2.09. The number of nitrogens with zero attached hydrogens (tertiary/aromatic N) is 2. The molecule has 114 valence electrons. The van der Waals surface area contributed by atoms with Gasteiger partial charge in [-0.2, -0.15) is 0 Å². The van der Waals surface area contributed by atoms with Gasteiger partial charge in [0, 0.05) is 18.6 Å².